The number of esters is 1. The lowest BCUT2D eigenvalue weighted by atomic mass is 10.0. The molecule has 2 aliphatic rings. The molecule has 296 valence electrons. The Morgan fingerprint density at radius 2 is 1.69 bits per heavy atom. The minimum absolute atomic E-state index is 0.000151. The summed E-state index contributed by atoms with van der Waals surface area (Å²) in [6, 6.07) is -0.349. The van der Waals surface area contributed by atoms with Gasteiger partial charge in [-0.25, -0.2) is 18.4 Å². The Morgan fingerprint density at radius 3 is 2.28 bits per heavy atom. The van der Waals surface area contributed by atoms with Gasteiger partial charge in [-0.05, 0) is 85.3 Å². The highest BCUT2D eigenvalue weighted by molar-refractivity contribution is 5.97. The summed E-state index contributed by atoms with van der Waals surface area (Å²) < 4.78 is 49.2. The highest BCUT2D eigenvalue weighted by Crippen LogP contribution is 2.44. The normalized spacial score (nSPS) is 16.3. The second-order valence-electron chi connectivity index (χ2n) is 15.3. The van der Waals surface area contributed by atoms with Crippen molar-refractivity contribution in [3.05, 3.63) is 45.3 Å². The van der Waals surface area contributed by atoms with E-state index in [-0.39, 0.29) is 53.3 Å². The average Bonchev–Trinajstić information content (AvgIpc) is 3.91. The summed E-state index contributed by atoms with van der Waals surface area (Å²) in [5.74, 6) is -5.01. The molecule has 0 bridgehead atoms. The number of halogens is 2. The number of fused-ring (bicyclic) bond motifs is 1. The number of alkyl carbamates (subject to hydrolysis) is 1. The number of carboxylic acids is 1. The number of nitrogens with zero attached hydrogens (tertiary/aromatic N) is 2. The Labute approximate surface area is 311 Å². The van der Waals surface area contributed by atoms with Gasteiger partial charge in [-0.15, -0.1) is 0 Å². The predicted molar refractivity (Wildman–Crippen MR) is 194 cm³/mol. The van der Waals surface area contributed by atoms with Crippen LogP contribution >= 0.6 is 0 Å². The number of ether oxygens (including phenoxy) is 3. The largest absolute Gasteiger partial charge is 0.492 e. The number of carbonyl (C=O) groups is 5. The van der Waals surface area contributed by atoms with E-state index in [1.807, 2.05) is 0 Å². The second-order valence-corrected chi connectivity index (χ2v) is 15.3. The Hall–Kier alpha value is -5.22. The Bertz CT molecular complexity index is 1890. The number of methoxy groups -OCH3 is 1. The van der Waals surface area contributed by atoms with Gasteiger partial charge in [-0.1, -0.05) is 0 Å². The lowest BCUT2D eigenvalue weighted by Gasteiger charge is -2.33. The fourth-order valence-electron chi connectivity index (χ4n) is 6.04. The lowest BCUT2D eigenvalue weighted by molar-refractivity contribution is -0.155. The number of hydrogen-bond donors (Lipinski definition) is 4. The van der Waals surface area contributed by atoms with Gasteiger partial charge in [0.1, 0.15) is 34.3 Å². The Balaban J connectivity index is 1.44. The van der Waals surface area contributed by atoms with Gasteiger partial charge in [0.25, 0.3) is 0 Å². The van der Waals surface area contributed by atoms with Crippen LogP contribution in [0.5, 0.6) is 5.75 Å². The van der Waals surface area contributed by atoms with Crippen LogP contribution in [-0.2, 0) is 23.9 Å². The first-order chi connectivity index (χ1) is 25.2. The van der Waals surface area contributed by atoms with Gasteiger partial charge in [-0.3, -0.25) is 19.2 Å². The van der Waals surface area contributed by atoms with E-state index in [1.165, 1.54) is 13.3 Å². The summed E-state index contributed by atoms with van der Waals surface area (Å²) in [4.78, 5) is 76.8. The van der Waals surface area contributed by atoms with Crippen LogP contribution in [0.15, 0.2) is 28.5 Å². The molecule has 2 aromatic rings. The monoisotopic (exact) mass is 761 g/mol. The van der Waals surface area contributed by atoms with Crippen molar-refractivity contribution < 1.29 is 52.1 Å². The van der Waals surface area contributed by atoms with Crippen molar-refractivity contribution in [2.45, 2.75) is 103 Å². The van der Waals surface area contributed by atoms with Crippen molar-refractivity contribution in [2.75, 3.05) is 38.2 Å². The minimum atomic E-state index is -1.43. The summed E-state index contributed by atoms with van der Waals surface area (Å²) in [7, 11) is 1.32. The number of aromatic carboxylic acids is 1. The van der Waals surface area contributed by atoms with Crippen molar-refractivity contribution >= 4 is 46.4 Å². The molecular formula is C37H49F2N5O10. The number of benzene rings is 1. The van der Waals surface area contributed by atoms with Gasteiger partial charge < -0.3 is 44.7 Å². The van der Waals surface area contributed by atoms with E-state index in [9.17, 15) is 33.9 Å². The van der Waals surface area contributed by atoms with Crippen molar-refractivity contribution in [1.82, 2.24) is 20.5 Å². The van der Waals surface area contributed by atoms with Gasteiger partial charge in [0.15, 0.2) is 11.6 Å². The van der Waals surface area contributed by atoms with E-state index in [2.05, 4.69) is 16.0 Å². The van der Waals surface area contributed by atoms with E-state index in [0.29, 0.717) is 19.4 Å². The molecule has 17 heteroatoms. The number of carbonyl (C=O) groups excluding carboxylic acids is 4. The third-order valence-electron chi connectivity index (χ3n) is 8.49. The number of piperidine rings is 1. The molecule has 0 spiro atoms. The fraction of sp³-hybridized carbons (Fsp3) is 0.568. The van der Waals surface area contributed by atoms with E-state index >= 15 is 8.78 Å². The lowest BCUT2D eigenvalue weighted by Crippen LogP contribution is -2.50. The molecule has 1 saturated heterocycles. The molecule has 1 aromatic heterocycles. The first-order valence-electron chi connectivity index (χ1n) is 17.7. The number of rotatable bonds is 13. The number of aromatic nitrogens is 1. The Kier molecular flexibility index (Phi) is 13.0. The molecule has 1 saturated carbocycles. The highest BCUT2D eigenvalue weighted by Gasteiger charge is 2.33. The van der Waals surface area contributed by atoms with E-state index in [1.54, 1.807) is 51.0 Å². The van der Waals surface area contributed by atoms with Gasteiger partial charge in [0.05, 0.1) is 31.1 Å². The van der Waals surface area contributed by atoms with Gasteiger partial charge in [0, 0.05) is 31.7 Å². The number of hydrogen-bond acceptors (Lipinski definition) is 10. The molecule has 15 nitrogen and oxygen atoms in total. The van der Waals surface area contributed by atoms with Crippen LogP contribution in [0.1, 0.15) is 96.5 Å². The molecule has 1 aliphatic heterocycles. The number of nitrogens with one attached hydrogen (secondary N) is 3. The topological polar surface area (TPSA) is 195 Å². The zero-order valence-corrected chi connectivity index (χ0v) is 31.7. The average molecular weight is 762 g/mol. The molecule has 4 N–H and O–H groups in total. The van der Waals surface area contributed by atoms with Crippen LogP contribution in [0.25, 0.3) is 10.9 Å². The molecule has 1 aliphatic carbocycles. The third kappa shape index (κ3) is 10.9. The first-order valence-corrected chi connectivity index (χ1v) is 17.7. The Morgan fingerprint density at radius 1 is 1.02 bits per heavy atom. The number of amides is 3. The summed E-state index contributed by atoms with van der Waals surface area (Å²) in [6.45, 7) is 9.14. The van der Waals surface area contributed by atoms with Crippen LogP contribution < -0.4 is 31.0 Å². The SMILES string of the molecule is COc1c(N2CCC/C(=C(\F)CNC(=O)CNC(=O)C(CCC(=O)OC(C)(C)C)NC(=O)OC(C)(C)C)C2)c(F)cc2c(=O)c(C(=O)O)cn(C3CC3)c12. The number of carboxylic acid groups (broad SMARTS) is 1. The molecule has 1 aromatic carbocycles. The van der Waals surface area contributed by atoms with E-state index in [0.717, 1.165) is 18.9 Å². The van der Waals surface area contributed by atoms with E-state index < -0.39 is 82.8 Å². The first kappa shape index (κ1) is 41.5. The molecule has 4 rings (SSSR count). The van der Waals surface area contributed by atoms with E-state index in [4.69, 9.17) is 14.2 Å². The van der Waals surface area contributed by atoms with Crippen LogP contribution in [-0.4, -0.2) is 90.1 Å². The van der Waals surface area contributed by atoms with Gasteiger partial charge >= 0.3 is 18.0 Å². The van der Waals surface area contributed by atoms with Crippen molar-refractivity contribution in [3.63, 3.8) is 0 Å². The molecular weight excluding hydrogens is 712 g/mol. The summed E-state index contributed by atoms with van der Waals surface area (Å²) in [5, 5.41) is 16.7. The van der Waals surface area contributed by atoms with Crippen molar-refractivity contribution in [2.24, 2.45) is 0 Å². The summed E-state index contributed by atoms with van der Waals surface area (Å²) in [6.07, 6.45) is 2.20. The molecule has 54 heavy (non-hydrogen) atoms. The van der Waals surface area contributed by atoms with Crippen LogP contribution in [0, 0.1) is 5.82 Å². The third-order valence-corrected chi connectivity index (χ3v) is 8.49. The van der Waals surface area contributed by atoms with Gasteiger partial charge in [-0.2, -0.15) is 0 Å². The van der Waals surface area contributed by atoms with Gasteiger partial charge in [0.2, 0.25) is 17.2 Å². The van der Waals surface area contributed by atoms with Crippen LogP contribution in [0.4, 0.5) is 19.3 Å². The molecule has 2 fully saturated rings. The molecule has 1 unspecified atom stereocenters. The minimum Gasteiger partial charge on any atom is -0.492 e. The zero-order valence-electron chi connectivity index (χ0n) is 31.7. The summed E-state index contributed by atoms with van der Waals surface area (Å²) >= 11 is 0. The van der Waals surface area contributed by atoms with Crippen molar-refractivity contribution in [1.29, 1.82) is 0 Å². The molecule has 0 radical (unpaired) electrons. The smallest absolute Gasteiger partial charge is 0.408 e. The van der Waals surface area contributed by atoms with Crippen LogP contribution in [0.2, 0.25) is 0 Å². The van der Waals surface area contributed by atoms with Crippen molar-refractivity contribution in [3.8, 4) is 5.75 Å². The summed E-state index contributed by atoms with van der Waals surface area (Å²) in [5.41, 5.74) is -2.41. The maximum absolute atomic E-state index is 15.8. The highest BCUT2D eigenvalue weighted by atomic mass is 19.1. The number of anilines is 1. The standard InChI is InChI=1S/C37H49F2N5O10/c1-36(2,3)53-28(46)13-12-26(42-35(51)54-37(4,5)6)33(48)41-17-27(45)40-16-25(39)20-9-8-14-43(18-20)30-24(38)15-22-29(32(30)52-7)44(21-10-11-21)19-23(31(22)47)34(49)50/h15,19,21,26H,8-14,16-18H2,1-7H3,(H,40,45)(H,41,48)(H,42,51)(H,49,50)/b25-20+. The molecule has 2 heterocycles. The second kappa shape index (κ2) is 16.8. The maximum atomic E-state index is 15.8. The molecule has 3 amide bonds. The maximum Gasteiger partial charge on any atom is 0.408 e. The quantitative estimate of drug-likeness (QED) is 0.213. The number of pyridine rings is 1. The van der Waals surface area contributed by atoms with Crippen LogP contribution in [0.3, 0.4) is 0 Å². The molecule has 1 atom stereocenters. The zero-order chi connectivity index (χ0) is 40.1. The predicted octanol–water partition coefficient (Wildman–Crippen LogP) is 4.25. The fourth-order valence-corrected chi connectivity index (χ4v) is 6.04.